The lowest BCUT2D eigenvalue weighted by Gasteiger charge is -2.23. The molecule has 1 aromatic rings. The van der Waals surface area contributed by atoms with Crippen molar-refractivity contribution in [3.05, 3.63) is 35.4 Å². The van der Waals surface area contributed by atoms with E-state index in [1.807, 2.05) is 59.2 Å². The number of aliphatic hydroxyl groups is 1. The van der Waals surface area contributed by atoms with Gasteiger partial charge in [-0.3, -0.25) is 14.4 Å². The summed E-state index contributed by atoms with van der Waals surface area (Å²) in [5.41, 5.74) is 1.97. The molecular weight excluding hydrogens is 586 g/mol. The number of rotatable bonds is 20. The number of hydrogen-bond acceptors (Lipinski definition) is 7. The molecule has 45 heavy (non-hydrogen) atoms. The molecule has 0 unspecified atom stereocenters. The lowest BCUT2D eigenvalue weighted by molar-refractivity contribution is -0.122. The first-order valence-electron chi connectivity index (χ1n) is 16.9. The lowest BCUT2D eigenvalue weighted by atomic mass is 10.1. The number of amides is 2. The third kappa shape index (κ3) is 29.2. The fourth-order valence-electron chi connectivity index (χ4n) is 3.83. The predicted octanol–water partition coefficient (Wildman–Crippen LogP) is 7.15. The minimum Gasteiger partial charge on any atom is -0.393 e. The molecule has 0 fully saturated rings. The van der Waals surface area contributed by atoms with E-state index in [2.05, 4.69) is 55.7 Å². The van der Waals surface area contributed by atoms with Gasteiger partial charge in [0.25, 0.3) is 0 Å². The number of likely N-dealkylation sites (N-methyl/N-ethyl adjacent to an activating group) is 1. The molecule has 0 aliphatic rings. The predicted molar refractivity (Wildman–Crippen MR) is 194 cm³/mol. The quantitative estimate of drug-likeness (QED) is 0.101. The molecule has 0 aliphatic heterocycles. The summed E-state index contributed by atoms with van der Waals surface area (Å²) in [5.74, 6) is 0.970. The first-order chi connectivity index (χ1) is 21.3. The van der Waals surface area contributed by atoms with Crippen LogP contribution in [-0.4, -0.2) is 78.3 Å². The first-order valence-corrected chi connectivity index (χ1v) is 18.1. The average molecular weight is 656 g/mol. The van der Waals surface area contributed by atoms with Crippen molar-refractivity contribution in [3.63, 3.8) is 0 Å². The first kappa shape index (κ1) is 47.5. The van der Waals surface area contributed by atoms with E-state index in [0.29, 0.717) is 38.5 Å². The average Bonchev–Trinajstić information content (AvgIpc) is 3.02. The highest BCUT2D eigenvalue weighted by Gasteiger charge is 2.18. The lowest BCUT2D eigenvalue weighted by Crippen LogP contribution is -2.34. The maximum Gasteiger partial charge on any atom is 0.220 e. The Morgan fingerprint density at radius 1 is 0.911 bits per heavy atom. The second-order valence-corrected chi connectivity index (χ2v) is 12.5. The highest BCUT2D eigenvalue weighted by Crippen LogP contribution is 2.15. The SMILES string of the molecule is CC.CC.CSN(C)[C@@H](CCCCNC(=O)CCC(C)C)C(C)=O.Cc1ccc(CCCC(=O)NCCOC(C)(C)CO)cc1. The van der Waals surface area contributed by atoms with Crippen LogP contribution < -0.4 is 10.6 Å². The van der Waals surface area contributed by atoms with Crippen molar-refractivity contribution in [1.82, 2.24) is 14.9 Å². The molecule has 1 atom stereocenters. The molecule has 0 spiro atoms. The number of carbonyl (C=O) groups excluding carboxylic acids is 3. The third-order valence-electron chi connectivity index (χ3n) is 6.66. The molecule has 1 aromatic carbocycles. The van der Waals surface area contributed by atoms with Crippen LogP contribution in [-0.2, 0) is 25.5 Å². The number of ketones is 1. The molecule has 0 aromatic heterocycles. The topological polar surface area (TPSA) is 108 Å². The van der Waals surface area contributed by atoms with Crippen LogP contribution in [0.4, 0.5) is 0 Å². The van der Waals surface area contributed by atoms with Crippen molar-refractivity contribution in [2.75, 3.05) is 39.6 Å². The Bertz CT molecular complexity index is 863. The van der Waals surface area contributed by atoms with Gasteiger partial charge in [-0.05, 0) is 91.0 Å². The Morgan fingerprint density at radius 2 is 1.47 bits per heavy atom. The number of aryl methyl sites for hydroxylation is 2. The Balaban J connectivity index is -0.000000706. The number of Topliss-reactive ketones (excluding diaryl/α,β-unsaturated/α-hetero) is 1. The van der Waals surface area contributed by atoms with Gasteiger partial charge in [-0.15, -0.1) is 0 Å². The van der Waals surface area contributed by atoms with Gasteiger partial charge in [0, 0.05) is 25.9 Å². The number of carbonyl (C=O) groups is 3. The number of nitrogens with one attached hydrogen (secondary N) is 2. The Kier molecular flexibility index (Phi) is 32.4. The zero-order valence-electron chi connectivity index (χ0n) is 30.9. The molecule has 9 heteroatoms. The van der Waals surface area contributed by atoms with E-state index in [0.717, 1.165) is 38.5 Å². The Hall–Kier alpha value is -1.94. The Morgan fingerprint density at radius 3 is 1.98 bits per heavy atom. The second kappa shape index (κ2) is 30.7. The van der Waals surface area contributed by atoms with Gasteiger partial charge in [0.1, 0.15) is 5.78 Å². The van der Waals surface area contributed by atoms with Gasteiger partial charge in [-0.1, -0.05) is 83.3 Å². The van der Waals surface area contributed by atoms with Crippen LogP contribution in [0.25, 0.3) is 0 Å². The number of hydrogen-bond donors (Lipinski definition) is 3. The highest BCUT2D eigenvalue weighted by molar-refractivity contribution is 7.96. The number of unbranched alkanes of at least 4 members (excludes halogenated alkanes) is 1. The summed E-state index contributed by atoms with van der Waals surface area (Å²) in [6.07, 6.45) is 8.56. The zero-order valence-corrected chi connectivity index (χ0v) is 31.7. The standard InChI is InChI=1S/C17H27NO3.C15H30N2O2S.2C2H6/c1-14-7-9-15(10-8-14)5-4-6-16(20)18-11-12-21-17(2,3)13-19;1-12(2)9-10-15(19)16-11-7-6-8-14(13(3)18)17(4)20-5;2*1-2/h7-10,19H,4-6,11-13H2,1-3H3,(H,18,20);12,14H,6-11H2,1-5H3,(H,16,19);2*1-2H3/t;14-;;/m.0../s1. The summed E-state index contributed by atoms with van der Waals surface area (Å²) in [4.78, 5) is 34.7. The number of aliphatic hydroxyl groups excluding tert-OH is 1. The largest absolute Gasteiger partial charge is 0.393 e. The van der Waals surface area contributed by atoms with E-state index in [1.165, 1.54) is 11.1 Å². The Labute approximate surface area is 281 Å². The van der Waals surface area contributed by atoms with Gasteiger partial charge < -0.3 is 20.5 Å². The van der Waals surface area contributed by atoms with Gasteiger partial charge in [0.15, 0.2) is 0 Å². The van der Waals surface area contributed by atoms with Crippen molar-refractivity contribution >= 4 is 29.5 Å². The van der Waals surface area contributed by atoms with Crippen LogP contribution >= 0.6 is 11.9 Å². The smallest absolute Gasteiger partial charge is 0.220 e. The molecule has 264 valence electrons. The zero-order chi connectivity index (χ0) is 35.3. The van der Waals surface area contributed by atoms with E-state index in [1.54, 1.807) is 18.9 Å². The van der Waals surface area contributed by atoms with Crippen molar-refractivity contribution in [2.24, 2.45) is 5.92 Å². The minimum absolute atomic E-state index is 0.0124. The van der Waals surface area contributed by atoms with Gasteiger partial charge in [0.05, 0.1) is 24.9 Å². The van der Waals surface area contributed by atoms with E-state index < -0.39 is 5.60 Å². The molecule has 0 heterocycles. The summed E-state index contributed by atoms with van der Waals surface area (Å²) in [6, 6.07) is 8.39. The summed E-state index contributed by atoms with van der Waals surface area (Å²) in [5, 5.41) is 14.8. The molecule has 1 rings (SSSR count). The van der Waals surface area contributed by atoms with Crippen LogP contribution in [0.3, 0.4) is 0 Å². The third-order valence-corrected chi connectivity index (χ3v) is 7.49. The van der Waals surface area contributed by atoms with Crippen LogP contribution in [0.1, 0.15) is 118 Å². The van der Waals surface area contributed by atoms with Gasteiger partial charge in [-0.2, -0.15) is 0 Å². The molecule has 2 amide bonds. The number of nitrogens with zero attached hydrogens (tertiary/aromatic N) is 1. The van der Waals surface area contributed by atoms with Crippen LogP contribution in [0.5, 0.6) is 0 Å². The van der Waals surface area contributed by atoms with Crippen molar-refractivity contribution in [2.45, 2.75) is 132 Å². The monoisotopic (exact) mass is 655 g/mol. The fraction of sp³-hybridized carbons (Fsp3) is 0.750. The van der Waals surface area contributed by atoms with Crippen molar-refractivity contribution in [1.29, 1.82) is 0 Å². The van der Waals surface area contributed by atoms with E-state index in [-0.39, 0.29) is 30.2 Å². The van der Waals surface area contributed by atoms with E-state index >= 15 is 0 Å². The summed E-state index contributed by atoms with van der Waals surface area (Å²) in [6.45, 7) is 21.2. The molecule has 3 N–H and O–H groups in total. The van der Waals surface area contributed by atoms with Crippen molar-refractivity contribution < 1.29 is 24.2 Å². The molecule has 8 nitrogen and oxygen atoms in total. The fourth-order valence-corrected chi connectivity index (χ4v) is 4.33. The molecule has 0 saturated heterocycles. The van der Waals surface area contributed by atoms with Crippen LogP contribution in [0.2, 0.25) is 0 Å². The summed E-state index contributed by atoms with van der Waals surface area (Å²) < 4.78 is 7.45. The van der Waals surface area contributed by atoms with Gasteiger partial charge >= 0.3 is 0 Å². The van der Waals surface area contributed by atoms with Crippen LogP contribution in [0, 0.1) is 12.8 Å². The van der Waals surface area contributed by atoms with Crippen molar-refractivity contribution in [3.8, 4) is 0 Å². The molecule has 0 aliphatic carbocycles. The van der Waals surface area contributed by atoms with Gasteiger partial charge in [0.2, 0.25) is 11.8 Å². The highest BCUT2D eigenvalue weighted by atomic mass is 32.2. The minimum atomic E-state index is -0.545. The van der Waals surface area contributed by atoms with Crippen LogP contribution in [0.15, 0.2) is 24.3 Å². The second-order valence-electron chi connectivity index (χ2n) is 11.6. The molecule has 0 bridgehead atoms. The van der Waals surface area contributed by atoms with Gasteiger partial charge in [-0.25, -0.2) is 4.31 Å². The summed E-state index contributed by atoms with van der Waals surface area (Å²) >= 11 is 1.58. The molecule has 0 radical (unpaired) electrons. The maximum atomic E-state index is 11.7. The summed E-state index contributed by atoms with van der Waals surface area (Å²) in [7, 11) is 1.95. The molecule has 0 saturated carbocycles. The maximum absolute atomic E-state index is 11.7. The normalized spacial score (nSPS) is 11.3. The number of benzene rings is 1. The number of ether oxygens (including phenoxy) is 1. The van der Waals surface area contributed by atoms with E-state index in [9.17, 15) is 14.4 Å². The van der Waals surface area contributed by atoms with E-state index in [4.69, 9.17) is 9.84 Å². The molecular formula is C36H69N3O5S.